The molecule has 31 heavy (non-hydrogen) atoms. The number of nitrogens with one attached hydrogen (secondary N) is 1. The van der Waals surface area contributed by atoms with Crippen LogP contribution < -0.4 is 15.8 Å². The zero-order valence-electron chi connectivity index (χ0n) is 17.8. The molecule has 0 atom stereocenters. The first-order valence-electron chi connectivity index (χ1n) is 10.6. The Labute approximate surface area is 184 Å². The number of para-hydroxylation sites is 1. The van der Waals surface area contributed by atoms with Gasteiger partial charge in [0.05, 0.1) is 18.3 Å². The van der Waals surface area contributed by atoms with Crippen LogP contribution in [0.4, 0.5) is 5.69 Å². The van der Waals surface area contributed by atoms with E-state index in [0.29, 0.717) is 5.39 Å². The van der Waals surface area contributed by atoms with E-state index in [2.05, 4.69) is 10.3 Å². The van der Waals surface area contributed by atoms with Gasteiger partial charge in [-0.05, 0) is 49.3 Å². The second kappa shape index (κ2) is 9.01. The molecule has 0 bridgehead atoms. The largest absolute Gasteiger partial charge is 0.345 e. The summed E-state index contributed by atoms with van der Waals surface area (Å²) < 4.78 is 1.33. The van der Waals surface area contributed by atoms with E-state index in [0.717, 1.165) is 53.7 Å². The van der Waals surface area contributed by atoms with Crippen molar-refractivity contribution in [3.8, 4) is 0 Å². The van der Waals surface area contributed by atoms with Crippen LogP contribution in [0.5, 0.6) is 0 Å². The maximum atomic E-state index is 13.0. The molecule has 162 valence electrons. The van der Waals surface area contributed by atoms with Gasteiger partial charge in [0.2, 0.25) is 11.8 Å². The van der Waals surface area contributed by atoms with Crippen LogP contribution in [0.2, 0.25) is 0 Å². The normalized spacial score (nSPS) is 13.1. The van der Waals surface area contributed by atoms with Gasteiger partial charge in [-0.3, -0.25) is 19.0 Å². The van der Waals surface area contributed by atoms with Crippen LogP contribution in [-0.4, -0.2) is 35.0 Å². The minimum atomic E-state index is -0.391. The second-order valence-corrected chi connectivity index (χ2v) is 8.86. The summed E-state index contributed by atoms with van der Waals surface area (Å²) in [5, 5.41) is 3.29. The lowest BCUT2D eigenvalue weighted by atomic mass is 9.97. The third-order valence-electron chi connectivity index (χ3n) is 5.80. The fourth-order valence-corrected chi connectivity index (χ4v) is 5.29. The van der Waals surface area contributed by atoms with Gasteiger partial charge in [-0.25, -0.2) is 4.98 Å². The zero-order chi connectivity index (χ0) is 22.0. The van der Waals surface area contributed by atoms with Crippen molar-refractivity contribution in [3.63, 3.8) is 0 Å². The smallest absolute Gasteiger partial charge is 0.262 e. The fraction of sp³-hybridized carbons (Fsp3) is 0.391. The summed E-state index contributed by atoms with van der Waals surface area (Å²) in [6.07, 6.45) is 6.34. The molecule has 0 fully saturated rings. The van der Waals surface area contributed by atoms with Crippen LogP contribution in [0.25, 0.3) is 10.2 Å². The van der Waals surface area contributed by atoms with E-state index in [-0.39, 0.29) is 24.6 Å². The third-order valence-corrected chi connectivity index (χ3v) is 7.00. The molecule has 2 heterocycles. The molecule has 2 aromatic heterocycles. The van der Waals surface area contributed by atoms with Crippen molar-refractivity contribution in [1.29, 1.82) is 0 Å². The van der Waals surface area contributed by atoms with Crippen LogP contribution >= 0.6 is 11.3 Å². The SMILES string of the molecule is CCc1ccccc1N(C)C(=O)CNC(=O)Cn1cnc2sc3c(c2c1=O)CCCC3. The standard InChI is InChI=1S/C23H26N4O3S/c1-3-15-8-4-6-10-17(15)26(2)20(29)12-24-19(28)13-27-14-25-22-21(23(27)30)16-9-5-7-11-18(16)31-22/h4,6,8,10,14H,3,5,7,9,11-13H2,1-2H3,(H,24,28). The summed E-state index contributed by atoms with van der Waals surface area (Å²) in [5.41, 5.74) is 2.82. The lowest BCUT2D eigenvalue weighted by molar-refractivity contribution is -0.125. The molecule has 0 saturated heterocycles. The van der Waals surface area contributed by atoms with Crippen LogP contribution in [0.1, 0.15) is 35.8 Å². The number of thiophene rings is 1. The zero-order valence-corrected chi connectivity index (χ0v) is 18.6. The molecular weight excluding hydrogens is 412 g/mol. The average molecular weight is 439 g/mol. The Morgan fingerprint density at radius 1 is 1.23 bits per heavy atom. The number of carbonyl (C=O) groups excluding carboxylic acids is 2. The minimum absolute atomic E-state index is 0.133. The van der Waals surface area contributed by atoms with Crippen molar-refractivity contribution in [2.45, 2.75) is 45.6 Å². The van der Waals surface area contributed by atoms with Crippen LogP contribution in [0, 0.1) is 0 Å². The van der Waals surface area contributed by atoms with Gasteiger partial charge in [-0.15, -0.1) is 11.3 Å². The number of benzene rings is 1. The van der Waals surface area contributed by atoms with E-state index in [9.17, 15) is 14.4 Å². The molecule has 3 aromatic rings. The first kappa shape index (κ1) is 21.2. The van der Waals surface area contributed by atoms with E-state index in [4.69, 9.17) is 0 Å². The monoisotopic (exact) mass is 438 g/mol. The molecule has 0 unspecified atom stereocenters. The van der Waals surface area contributed by atoms with Gasteiger partial charge in [-0.1, -0.05) is 25.1 Å². The maximum Gasteiger partial charge on any atom is 0.262 e. The number of carbonyl (C=O) groups is 2. The number of aromatic nitrogens is 2. The predicted octanol–water partition coefficient (Wildman–Crippen LogP) is 2.68. The average Bonchev–Trinajstić information content (AvgIpc) is 3.18. The molecule has 1 aromatic carbocycles. The molecule has 2 amide bonds. The van der Waals surface area contributed by atoms with Crippen molar-refractivity contribution in [3.05, 3.63) is 57.0 Å². The lowest BCUT2D eigenvalue weighted by Crippen LogP contribution is -2.40. The number of likely N-dealkylation sites (N-methyl/N-ethyl adjacent to an activating group) is 1. The van der Waals surface area contributed by atoms with Gasteiger partial charge >= 0.3 is 0 Å². The summed E-state index contributed by atoms with van der Waals surface area (Å²) >= 11 is 1.58. The first-order valence-corrected chi connectivity index (χ1v) is 11.4. The van der Waals surface area contributed by atoms with Crippen molar-refractivity contribution in [2.24, 2.45) is 0 Å². The predicted molar refractivity (Wildman–Crippen MR) is 123 cm³/mol. The van der Waals surface area contributed by atoms with E-state index in [1.807, 2.05) is 31.2 Å². The van der Waals surface area contributed by atoms with E-state index < -0.39 is 5.91 Å². The van der Waals surface area contributed by atoms with Gasteiger partial charge in [0.15, 0.2) is 0 Å². The second-order valence-electron chi connectivity index (χ2n) is 7.78. The number of anilines is 1. The van der Waals surface area contributed by atoms with E-state index >= 15 is 0 Å². The summed E-state index contributed by atoms with van der Waals surface area (Å²) in [6.45, 7) is 1.74. The van der Waals surface area contributed by atoms with Gasteiger partial charge in [-0.2, -0.15) is 0 Å². The number of hydrogen-bond donors (Lipinski definition) is 1. The molecule has 0 radical (unpaired) electrons. The van der Waals surface area contributed by atoms with E-state index in [1.54, 1.807) is 23.3 Å². The van der Waals surface area contributed by atoms with Crippen LogP contribution in [0.15, 0.2) is 35.4 Å². The van der Waals surface area contributed by atoms with Crippen molar-refractivity contribution in [1.82, 2.24) is 14.9 Å². The highest BCUT2D eigenvalue weighted by Gasteiger charge is 2.21. The van der Waals surface area contributed by atoms with Crippen molar-refractivity contribution < 1.29 is 9.59 Å². The molecule has 7 nitrogen and oxygen atoms in total. The van der Waals surface area contributed by atoms with Crippen LogP contribution in [0.3, 0.4) is 0 Å². The molecule has 0 aliphatic heterocycles. The van der Waals surface area contributed by atoms with Crippen molar-refractivity contribution >= 4 is 39.1 Å². The number of nitrogens with zero attached hydrogens (tertiary/aromatic N) is 3. The Morgan fingerprint density at radius 2 is 2.00 bits per heavy atom. The molecule has 1 aliphatic rings. The third kappa shape index (κ3) is 4.25. The highest BCUT2D eigenvalue weighted by atomic mass is 32.1. The molecule has 0 saturated carbocycles. The number of rotatable bonds is 6. The Morgan fingerprint density at radius 3 is 2.81 bits per heavy atom. The summed E-state index contributed by atoms with van der Waals surface area (Å²) in [7, 11) is 1.70. The topological polar surface area (TPSA) is 84.3 Å². The first-order chi connectivity index (χ1) is 15.0. The molecule has 4 rings (SSSR count). The number of fused-ring (bicyclic) bond motifs is 3. The van der Waals surface area contributed by atoms with Crippen LogP contribution in [-0.2, 0) is 35.4 Å². The number of aryl methyl sites for hydroxylation is 3. The van der Waals surface area contributed by atoms with Gasteiger partial charge in [0.25, 0.3) is 5.56 Å². The molecule has 1 aliphatic carbocycles. The molecule has 1 N–H and O–H groups in total. The van der Waals surface area contributed by atoms with Gasteiger partial charge in [0.1, 0.15) is 11.4 Å². The fourth-order valence-electron chi connectivity index (χ4n) is 4.07. The van der Waals surface area contributed by atoms with Gasteiger partial charge in [0, 0.05) is 17.6 Å². The molecule has 8 heteroatoms. The Balaban J connectivity index is 1.43. The Kier molecular flexibility index (Phi) is 6.18. The number of hydrogen-bond acceptors (Lipinski definition) is 5. The maximum absolute atomic E-state index is 13.0. The molecular formula is C23H26N4O3S. The Hall–Kier alpha value is -3.00. The number of amides is 2. The minimum Gasteiger partial charge on any atom is -0.345 e. The highest BCUT2D eigenvalue weighted by Crippen LogP contribution is 2.33. The van der Waals surface area contributed by atoms with Crippen molar-refractivity contribution in [2.75, 3.05) is 18.5 Å². The van der Waals surface area contributed by atoms with Gasteiger partial charge < -0.3 is 10.2 Å². The lowest BCUT2D eigenvalue weighted by Gasteiger charge is -2.20. The molecule has 0 spiro atoms. The summed E-state index contributed by atoms with van der Waals surface area (Å²) in [4.78, 5) is 45.9. The Bertz CT molecular complexity index is 1200. The quantitative estimate of drug-likeness (QED) is 0.641. The summed E-state index contributed by atoms with van der Waals surface area (Å²) in [6, 6.07) is 7.70. The van der Waals surface area contributed by atoms with E-state index in [1.165, 1.54) is 15.8 Å². The highest BCUT2D eigenvalue weighted by molar-refractivity contribution is 7.18. The summed E-state index contributed by atoms with van der Waals surface area (Å²) in [5.74, 6) is -0.611.